The third-order valence-corrected chi connectivity index (χ3v) is 4.51. The zero-order valence-electron chi connectivity index (χ0n) is 12.8. The second-order valence-electron chi connectivity index (χ2n) is 5.84. The van der Waals surface area contributed by atoms with Crippen LogP contribution in [-0.4, -0.2) is 36.5 Å². The first-order valence-corrected chi connectivity index (χ1v) is 7.86. The van der Waals surface area contributed by atoms with E-state index in [9.17, 15) is 9.59 Å². The second kappa shape index (κ2) is 6.38. The van der Waals surface area contributed by atoms with Crippen LogP contribution in [0.25, 0.3) is 0 Å². The Morgan fingerprint density at radius 2 is 2.18 bits per heavy atom. The molecule has 0 spiro atoms. The number of hydrogen-bond donors (Lipinski definition) is 0. The van der Waals surface area contributed by atoms with Gasteiger partial charge in [-0.15, -0.1) is 0 Å². The average molecular weight is 303 g/mol. The highest BCUT2D eigenvalue weighted by molar-refractivity contribution is 5.77. The topological polar surface area (TPSA) is 55.8 Å². The number of rotatable bonds is 4. The predicted molar refractivity (Wildman–Crippen MR) is 80.8 cm³/mol. The quantitative estimate of drug-likeness (QED) is 0.800. The molecular formula is C17H21NO4. The van der Waals surface area contributed by atoms with Crippen LogP contribution >= 0.6 is 0 Å². The summed E-state index contributed by atoms with van der Waals surface area (Å²) in [5.41, 5.74) is 1.07. The Hall–Kier alpha value is -2.04. The van der Waals surface area contributed by atoms with E-state index in [-0.39, 0.29) is 24.7 Å². The largest absolute Gasteiger partial charge is 0.454 e. The standard InChI is InChI=1S/C17H21NO4/c1-2-17(20)18-7-3-4-13(10-19)14(18)8-12-5-6-15-16(9-12)22-11-21-15/h5-6,9-10,13-14H,2-4,7-8,11H2,1H3. The summed E-state index contributed by atoms with van der Waals surface area (Å²) in [6.07, 6.45) is 3.90. The molecule has 0 radical (unpaired) electrons. The van der Waals surface area contributed by atoms with Crippen molar-refractivity contribution in [3.8, 4) is 11.5 Å². The maximum atomic E-state index is 12.2. The van der Waals surface area contributed by atoms with E-state index in [2.05, 4.69) is 0 Å². The predicted octanol–water partition coefficient (Wildman–Crippen LogP) is 2.17. The molecule has 5 heteroatoms. The molecule has 1 saturated heterocycles. The minimum Gasteiger partial charge on any atom is -0.454 e. The molecule has 0 bridgehead atoms. The van der Waals surface area contributed by atoms with Crippen molar-refractivity contribution in [1.82, 2.24) is 4.90 Å². The van der Waals surface area contributed by atoms with Gasteiger partial charge in [-0.1, -0.05) is 13.0 Å². The second-order valence-corrected chi connectivity index (χ2v) is 5.84. The number of hydrogen-bond acceptors (Lipinski definition) is 4. The Morgan fingerprint density at radius 3 is 2.95 bits per heavy atom. The number of benzene rings is 1. The number of ether oxygens (including phenoxy) is 2. The molecule has 2 aliphatic rings. The van der Waals surface area contributed by atoms with E-state index in [1.54, 1.807) is 0 Å². The van der Waals surface area contributed by atoms with Crippen LogP contribution in [0, 0.1) is 5.92 Å². The molecule has 0 N–H and O–H groups in total. The van der Waals surface area contributed by atoms with Crippen LogP contribution in [0.1, 0.15) is 31.7 Å². The molecule has 2 heterocycles. The first kappa shape index (κ1) is 14.9. The maximum Gasteiger partial charge on any atom is 0.231 e. The number of carbonyl (C=O) groups excluding carboxylic acids is 2. The molecule has 5 nitrogen and oxygen atoms in total. The van der Waals surface area contributed by atoms with Crippen LogP contribution in [0.5, 0.6) is 11.5 Å². The molecule has 2 unspecified atom stereocenters. The SMILES string of the molecule is CCC(=O)N1CCCC(C=O)C1Cc1ccc2c(c1)OCO2. The number of likely N-dealkylation sites (tertiary alicyclic amines) is 1. The Morgan fingerprint density at radius 1 is 1.36 bits per heavy atom. The zero-order valence-corrected chi connectivity index (χ0v) is 12.8. The van der Waals surface area contributed by atoms with Gasteiger partial charge in [0.15, 0.2) is 11.5 Å². The summed E-state index contributed by atoms with van der Waals surface area (Å²) in [4.78, 5) is 25.5. The van der Waals surface area contributed by atoms with Gasteiger partial charge in [-0.25, -0.2) is 0 Å². The highest BCUT2D eigenvalue weighted by Gasteiger charge is 2.33. The van der Waals surface area contributed by atoms with Gasteiger partial charge in [0.2, 0.25) is 12.7 Å². The van der Waals surface area contributed by atoms with Crippen molar-refractivity contribution >= 4 is 12.2 Å². The molecule has 118 valence electrons. The molecule has 0 aliphatic carbocycles. The monoisotopic (exact) mass is 303 g/mol. The molecule has 1 amide bonds. The lowest BCUT2D eigenvalue weighted by molar-refractivity contribution is -0.137. The van der Waals surface area contributed by atoms with E-state index in [4.69, 9.17) is 9.47 Å². The zero-order chi connectivity index (χ0) is 15.5. The summed E-state index contributed by atoms with van der Waals surface area (Å²) in [7, 11) is 0. The minimum absolute atomic E-state index is 0.0564. The van der Waals surface area contributed by atoms with Gasteiger partial charge >= 0.3 is 0 Å². The maximum absolute atomic E-state index is 12.2. The number of fused-ring (bicyclic) bond motifs is 1. The summed E-state index contributed by atoms with van der Waals surface area (Å²) >= 11 is 0. The van der Waals surface area contributed by atoms with Gasteiger partial charge < -0.3 is 19.2 Å². The normalized spacial score (nSPS) is 23.4. The molecule has 0 aromatic heterocycles. The summed E-state index contributed by atoms with van der Waals surface area (Å²) in [6, 6.07) is 5.77. The molecule has 2 atom stereocenters. The van der Waals surface area contributed by atoms with Crippen LogP contribution in [-0.2, 0) is 16.0 Å². The van der Waals surface area contributed by atoms with Crippen molar-refractivity contribution in [3.05, 3.63) is 23.8 Å². The fourth-order valence-corrected chi connectivity index (χ4v) is 3.33. The van der Waals surface area contributed by atoms with Crippen molar-refractivity contribution in [3.63, 3.8) is 0 Å². The van der Waals surface area contributed by atoms with E-state index in [1.807, 2.05) is 30.0 Å². The lowest BCUT2D eigenvalue weighted by atomic mass is 9.86. The van der Waals surface area contributed by atoms with Crippen LogP contribution < -0.4 is 9.47 Å². The number of amides is 1. The van der Waals surface area contributed by atoms with Crippen molar-refractivity contribution in [2.24, 2.45) is 5.92 Å². The highest BCUT2D eigenvalue weighted by atomic mass is 16.7. The first-order valence-electron chi connectivity index (χ1n) is 7.86. The fourth-order valence-electron chi connectivity index (χ4n) is 3.33. The highest BCUT2D eigenvalue weighted by Crippen LogP contribution is 2.34. The molecule has 1 aromatic rings. The molecule has 3 rings (SSSR count). The van der Waals surface area contributed by atoms with E-state index in [0.29, 0.717) is 12.8 Å². The Bertz CT molecular complexity index is 572. The fraction of sp³-hybridized carbons (Fsp3) is 0.529. The van der Waals surface area contributed by atoms with Crippen molar-refractivity contribution in [1.29, 1.82) is 0 Å². The van der Waals surface area contributed by atoms with Gasteiger partial charge in [0, 0.05) is 24.9 Å². The minimum atomic E-state index is -0.0883. The lowest BCUT2D eigenvalue weighted by Crippen LogP contribution is -2.49. The van der Waals surface area contributed by atoms with Crippen LogP contribution in [0.3, 0.4) is 0 Å². The van der Waals surface area contributed by atoms with E-state index < -0.39 is 0 Å². The van der Waals surface area contributed by atoms with Crippen molar-refractivity contribution < 1.29 is 19.1 Å². The number of nitrogens with zero attached hydrogens (tertiary/aromatic N) is 1. The number of aldehydes is 1. The summed E-state index contributed by atoms with van der Waals surface area (Å²) in [5.74, 6) is 1.53. The number of carbonyl (C=O) groups is 2. The third-order valence-electron chi connectivity index (χ3n) is 4.51. The smallest absolute Gasteiger partial charge is 0.231 e. The first-order chi connectivity index (χ1) is 10.7. The van der Waals surface area contributed by atoms with Gasteiger partial charge in [0.1, 0.15) is 6.29 Å². The van der Waals surface area contributed by atoms with E-state index in [1.165, 1.54) is 0 Å². The summed E-state index contributed by atoms with van der Waals surface area (Å²) < 4.78 is 10.7. The molecule has 1 aromatic carbocycles. The molecule has 0 saturated carbocycles. The molecule has 22 heavy (non-hydrogen) atoms. The Kier molecular flexibility index (Phi) is 4.32. The van der Waals surface area contributed by atoms with E-state index >= 15 is 0 Å². The summed E-state index contributed by atoms with van der Waals surface area (Å²) in [5, 5.41) is 0. The van der Waals surface area contributed by atoms with Gasteiger partial charge in [-0.2, -0.15) is 0 Å². The molecule has 1 fully saturated rings. The Labute approximate surface area is 130 Å². The van der Waals surface area contributed by atoms with Gasteiger partial charge in [-0.05, 0) is 37.0 Å². The van der Waals surface area contributed by atoms with Gasteiger partial charge in [0.05, 0.1) is 0 Å². The van der Waals surface area contributed by atoms with Crippen LogP contribution in [0.2, 0.25) is 0 Å². The Balaban J connectivity index is 1.82. The number of piperidine rings is 1. The summed E-state index contributed by atoms with van der Waals surface area (Å²) in [6.45, 7) is 2.86. The van der Waals surface area contributed by atoms with Crippen LogP contribution in [0.15, 0.2) is 18.2 Å². The van der Waals surface area contributed by atoms with Crippen molar-refractivity contribution in [2.75, 3.05) is 13.3 Å². The van der Waals surface area contributed by atoms with Crippen molar-refractivity contribution in [2.45, 2.75) is 38.6 Å². The van der Waals surface area contributed by atoms with Gasteiger partial charge in [-0.3, -0.25) is 4.79 Å². The van der Waals surface area contributed by atoms with Crippen LogP contribution in [0.4, 0.5) is 0 Å². The molecular weight excluding hydrogens is 282 g/mol. The lowest BCUT2D eigenvalue weighted by Gasteiger charge is -2.39. The van der Waals surface area contributed by atoms with E-state index in [0.717, 1.165) is 42.7 Å². The van der Waals surface area contributed by atoms with Gasteiger partial charge in [0.25, 0.3) is 0 Å². The average Bonchev–Trinajstić information content (AvgIpc) is 3.02. The third kappa shape index (κ3) is 2.80. The molecule has 2 aliphatic heterocycles.